The van der Waals surface area contributed by atoms with Gasteiger partial charge in [-0.2, -0.15) is 0 Å². The van der Waals surface area contributed by atoms with Gasteiger partial charge in [-0.25, -0.2) is 0 Å². The van der Waals surface area contributed by atoms with Gasteiger partial charge in [0.15, 0.2) is 5.11 Å². The van der Waals surface area contributed by atoms with Gasteiger partial charge in [0, 0.05) is 18.1 Å². The van der Waals surface area contributed by atoms with Crippen molar-refractivity contribution in [2.75, 3.05) is 5.32 Å². The number of aryl methyl sites for hydroxylation is 1. The molecule has 1 heterocycles. The van der Waals surface area contributed by atoms with Gasteiger partial charge in [0.1, 0.15) is 0 Å². The third kappa shape index (κ3) is 4.03. The van der Waals surface area contributed by atoms with Crippen LogP contribution in [0.15, 0.2) is 48.8 Å². The van der Waals surface area contributed by atoms with Crippen LogP contribution in [0.2, 0.25) is 0 Å². The number of hydrogen-bond acceptors (Lipinski definition) is 2. The van der Waals surface area contributed by atoms with Crippen molar-refractivity contribution in [3.63, 3.8) is 0 Å². The molecule has 1 atom stereocenters. The minimum atomic E-state index is 0.147. The zero-order valence-electron chi connectivity index (χ0n) is 11.1. The van der Waals surface area contributed by atoms with Crippen molar-refractivity contribution >= 4 is 23.0 Å². The van der Waals surface area contributed by atoms with Crippen molar-refractivity contribution in [1.29, 1.82) is 0 Å². The summed E-state index contributed by atoms with van der Waals surface area (Å²) in [5, 5.41) is 7.04. The van der Waals surface area contributed by atoms with E-state index in [1.54, 1.807) is 12.4 Å². The van der Waals surface area contributed by atoms with Gasteiger partial charge in [0.2, 0.25) is 0 Å². The van der Waals surface area contributed by atoms with E-state index in [2.05, 4.69) is 41.6 Å². The summed E-state index contributed by atoms with van der Waals surface area (Å²) in [5.41, 5.74) is 3.38. The Labute approximate surface area is 119 Å². The van der Waals surface area contributed by atoms with Crippen LogP contribution in [-0.4, -0.2) is 10.1 Å². The molecule has 0 aliphatic rings. The number of nitrogens with zero attached hydrogens (tertiary/aromatic N) is 1. The zero-order chi connectivity index (χ0) is 13.7. The van der Waals surface area contributed by atoms with Gasteiger partial charge in [0.05, 0.1) is 6.04 Å². The monoisotopic (exact) mass is 271 g/mol. The van der Waals surface area contributed by atoms with E-state index in [0.29, 0.717) is 5.11 Å². The van der Waals surface area contributed by atoms with Crippen LogP contribution in [0.25, 0.3) is 0 Å². The molecule has 1 unspecified atom stereocenters. The molecule has 2 aromatic rings. The summed E-state index contributed by atoms with van der Waals surface area (Å²) in [6.07, 6.45) is 3.56. The Balaban J connectivity index is 1.93. The Bertz CT molecular complexity index is 537. The van der Waals surface area contributed by atoms with Crippen molar-refractivity contribution in [2.24, 2.45) is 0 Å². The quantitative estimate of drug-likeness (QED) is 0.839. The van der Waals surface area contributed by atoms with Crippen molar-refractivity contribution in [2.45, 2.75) is 19.9 Å². The molecule has 0 aliphatic carbocycles. The first-order valence-corrected chi connectivity index (χ1v) is 6.60. The number of rotatable bonds is 3. The van der Waals surface area contributed by atoms with E-state index in [0.717, 1.165) is 11.3 Å². The molecule has 0 saturated carbocycles. The standard InChI is InChI=1S/C15H17N3S/c1-11-3-5-14(6-4-11)18-15(19)17-12(2)13-7-9-16-10-8-13/h3-10,12H,1-2H3,(H2,17,18,19). The second-order valence-corrected chi connectivity index (χ2v) is 4.87. The number of hydrogen-bond donors (Lipinski definition) is 2. The molecule has 0 spiro atoms. The van der Waals surface area contributed by atoms with E-state index in [-0.39, 0.29) is 6.04 Å². The van der Waals surface area contributed by atoms with Crippen LogP contribution in [-0.2, 0) is 0 Å². The van der Waals surface area contributed by atoms with E-state index >= 15 is 0 Å². The highest BCUT2D eigenvalue weighted by Crippen LogP contribution is 2.12. The molecule has 0 fully saturated rings. The van der Waals surface area contributed by atoms with Crippen LogP contribution in [0.1, 0.15) is 24.1 Å². The Morgan fingerprint density at radius 1 is 1.11 bits per heavy atom. The second kappa shape index (κ2) is 6.29. The SMILES string of the molecule is Cc1ccc(NC(=S)NC(C)c2ccncc2)cc1. The predicted molar refractivity (Wildman–Crippen MR) is 83.2 cm³/mol. The van der Waals surface area contributed by atoms with Crippen molar-refractivity contribution < 1.29 is 0 Å². The summed E-state index contributed by atoms with van der Waals surface area (Å²) in [4.78, 5) is 4.01. The summed E-state index contributed by atoms with van der Waals surface area (Å²) in [7, 11) is 0. The molecule has 1 aromatic carbocycles. The fourth-order valence-corrected chi connectivity index (χ4v) is 2.03. The van der Waals surface area contributed by atoms with Gasteiger partial charge < -0.3 is 10.6 Å². The molecule has 98 valence electrons. The number of pyridine rings is 1. The molecular formula is C15H17N3S. The lowest BCUT2D eigenvalue weighted by molar-refractivity contribution is 0.721. The minimum absolute atomic E-state index is 0.147. The van der Waals surface area contributed by atoms with Crippen molar-refractivity contribution in [3.05, 3.63) is 59.9 Å². The van der Waals surface area contributed by atoms with Crippen molar-refractivity contribution in [3.8, 4) is 0 Å². The second-order valence-electron chi connectivity index (χ2n) is 4.47. The maximum atomic E-state index is 5.31. The normalized spacial score (nSPS) is 11.7. The fourth-order valence-electron chi connectivity index (χ4n) is 1.74. The first-order valence-electron chi connectivity index (χ1n) is 6.19. The number of anilines is 1. The number of thiocarbonyl (C=S) groups is 1. The smallest absolute Gasteiger partial charge is 0.171 e. The Morgan fingerprint density at radius 3 is 2.37 bits per heavy atom. The molecular weight excluding hydrogens is 254 g/mol. The molecule has 0 amide bonds. The number of benzene rings is 1. The van der Waals surface area contributed by atoms with E-state index in [1.165, 1.54) is 5.56 Å². The van der Waals surface area contributed by atoms with Gasteiger partial charge in [0.25, 0.3) is 0 Å². The fraction of sp³-hybridized carbons (Fsp3) is 0.200. The molecule has 19 heavy (non-hydrogen) atoms. The molecule has 1 aromatic heterocycles. The Kier molecular flexibility index (Phi) is 4.47. The van der Waals surface area contributed by atoms with E-state index in [4.69, 9.17) is 12.2 Å². The van der Waals surface area contributed by atoms with Crippen LogP contribution >= 0.6 is 12.2 Å². The summed E-state index contributed by atoms with van der Waals surface area (Å²) < 4.78 is 0. The summed E-state index contributed by atoms with van der Waals surface area (Å²) in [6, 6.07) is 12.2. The third-order valence-electron chi connectivity index (χ3n) is 2.86. The first-order chi connectivity index (χ1) is 9.15. The highest BCUT2D eigenvalue weighted by atomic mass is 32.1. The lowest BCUT2D eigenvalue weighted by atomic mass is 10.1. The van der Waals surface area contributed by atoms with Gasteiger partial charge in [-0.15, -0.1) is 0 Å². The molecule has 2 N–H and O–H groups in total. The summed E-state index contributed by atoms with van der Waals surface area (Å²) in [5.74, 6) is 0. The lowest BCUT2D eigenvalue weighted by Crippen LogP contribution is -2.30. The average molecular weight is 271 g/mol. The van der Waals surface area contributed by atoms with Gasteiger partial charge in [-0.1, -0.05) is 17.7 Å². The highest BCUT2D eigenvalue weighted by molar-refractivity contribution is 7.80. The molecule has 3 nitrogen and oxygen atoms in total. The van der Waals surface area contributed by atoms with E-state index < -0.39 is 0 Å². The van der Waals surface area contributed by atoms with Crippen molar-refractivity contribution in [1.82, 2.24) is 10.3 Å². The largest absolute Gasteiger partial charge is 0.356 e. The van der Waals surface area contributed by atoms with Crippen LogP contribution in [0.3, 0.4) is 0 Å². The van der Waals surface area contributed by atoms with E-state index in [9.17, 15) is 0 Å². The van der Waals surface area contributed by atoms with Crippen LogP contribution in [0.4, 0.5) is 5.69 Å². The lowest BCUT2D eigenvalue weighted by Gasteiger charge is -2.17. The first kappa shape index (κ1) is 13.5. The van der Waals surface area contributed by atoms with E-state index in [1.807, 2.05) is 24.3 Å². The third-order valence-corrected chi connectivity index (χ3v) is 3.08. The maximum absolute atomic E-state index is 5.31. The zero-order valence-corrected chi connectivity index (χ0v) is 11.9. The van der Waals surface area contributed by atoms with Crippen LogP contribution in [0.5, 0.6) is 0 Å². The van der Waals surface area contributed by atoms with Crippen LogP contribution < -0.4 is 10.6 Å². The summed E-state index contributed by atoms with van der Waals surface area (Å²) >= 11 is 5.31. The van der Waals surface area contributed by atoms with Crippen LogP contribution in [0, 0.1) is 6.92 Å². The molecule has 0 radical (unpaired) electrons. The molecule has 4 heteroatoms. The Hall–Kier alpha value is -1.94. The predicted octanol–water partition coefficient (Wildman–Crippen LogP) is 3.44. The number of aromatic nitrogens is 1. The summed E-state index contributed by atoms with van der Waals surface area (Å²) in [6.45, 7) is 4.13. The minimum Gasteiger partial charge on any atom is -0.356 e. The average Bonchev–Trinajstić information content (AvgIpc) is 2.42. The number of nitrogens with one attached hydrogen (secondary N) is 2. The molecule has 2 rings (SSSR count). The molecule has 0 bridgehead atoms. The molecule has 0 saturated heterocycles. The Morgan fingerprint density at radius 2 is 1.74 bits per heavy atom. The maximum Gasteiger partial charge on any atom is 0.171 e. The topological polar surface area (TPSA) is 37.0 Å². The van der Waals surface area contributed by atoms with Gasteiger partial charge in [-0.05, 0) is 55.9 Å². The highest BCUT2D eigenvalue weighted by Gasteiger charge is 2.06. The van der Waals surface area contributed by atoms with Gasteiger partial charge >= 0.3 is 0 Å². The van der Waals surface area contributed by atoms with Gasteiger partial charge in [-0.3, -0.25) is 4.98 Å². The molecule has 0 aliphatic heterocycles.